The number of halogens is 1. The number of hydrogen-bond acceptors (Lipinski definition) is 5. The summed E-state index contributed by atoms with van der Waals surface area (Å²) in [6, 6.07) is 2.29. The predicted molar refractivity (Wildman–Crippen MR) is 107 cm³/mol. The van der Waals surface area contributed by atoms with Crippen LogP contribution in [0.3, 0.4) is 0 Å². The molecule has 1 aliphatic heterocycles. The second kappa shape index (κ2) is 9.68. The summed E-state index contributed by atoms with van der Waals surface area (Å²) in [4.78, 5) is 24.5. The van der Waals surface area contributed by atoms with E-state index >= 15 is 0 Å². The maximum atomic E-state index is 12.4. The van der Waals surface area contributed by atoms with Crippen molar-refractivity contribution in [3.8, 4) is 11.5 Å². The zero-order valence-electron chi connectivity index (χ0n) is 16.8. The van der Waals surface area contributed by atoms with Gasteiger partial charge in [0.25, 0.3) is 0 Å². The molecule has 0 saturated carbocycles. The maximum Gasteiger partial charge on any atom is 0.337 e. The Morgan fingerprint density at radius 1 is 1.25 bits per heavy atom. The number of methoxy groups -OCH3 is 1. The standard InChI is InChI=1S/C20H27ClN2O5/c1-6-14-16(19(24)26-5)17(23-20(25)22-14)12-8-13(21)18(28-10-11(3)4)15(9-12)27-7-2/h8-9,11,17H,6-7,10H2,1-5H3,(H2,22,23,25). The molecule has 0 aliphatic carbocycles. The van der Waals surface area contributed by atoms with Gasteiger partial charge in [0.15, 0.2) is 11.5 Å². The molecule has 1 unspecified atom stereocenters. The summed E-state index contributed by atoms with van der Waals surface area (Å²) >= 11 is 6.48. The zero-order chi connectivity index (χ0) is 20.8. The molecule has 0 radical (unpaired) electrons. The minimum Gasteiger partial charge on any atom is -0.490 e. The molecule has 0 bridgehead atoms. The molecule has 1 aromatic carbocycles. The highest BCUT2D eigenvalue weighted by Gasteiger charge is 2.33. The molecule has 154 valence electrons. The van der Waals surface area contributed by atoms with Crippen LogP contribution in [0.1, 0.15) is 45.7 Å². The van der Waals surface area contributed by atoms with E-state index in [0.717, 1.165) is 0 Å². The van der Waals surface area contributed by atoms with Crippen LogP contribution in [0.4, 0.5) is 4.79 Å². The number of esters is 1. The minimum atomic E-state index is -0.716. The normalized spacial score (nSPS) is 16.5. The predicted octanol–water partition coefficient (Wildman–Crippen LogP) is 3.96. The third kappa shape index (κ3) is 4.90. The number of benzene rings is 1. The number of nitrogens with one attached hydrogen (secondary N) is 2. The van der Waals surface area contributed by atoms with Gasteiger partial charge in [-0.3, -0.25) is 0 Å². The number of ether oxygens (including phenoxy) is 3. The van der Waals surface area contributed by atoms with Crippen molar-refractivity contribution in [2.75, 3.05) is 20.3 Å². The van der Waals surface area contributed by atoms with Gasteiger partial charge in [0.2, 0.25) is 0 Å². The molecule has 1 aliphatic rings. The fourth-order valence-electron chi connectivity index (χ4n) is 2.91. The molecule has 1 atom stereocenters. The number of hydrogen-bond donors (Lipinski definition) is 2. The molecule has 8 heteroatoms. The highest BCUT2D eigenvalue weighted by molar-refractivity contribution is 6.32. The molecule has 2 rings (SSSR count). The lowest BCUT2D eigenvalue weighted by molar-refractivity contribution is -0.136. The van der Waals surface area contributed by atoms with Crippen LogP contribution >= 0.6 is 11.6 Å². The Morgan fingerprint density at radius 2 is 1.96 bits per heavy atom. The van der Waals surface area contributed by atoms with E-state index in [1.165, 1.54) is 7.11 Å². The lowest BCUT2D eigenvalue weighted by Gasteiger charge is -2.29. The van der Waals surface area contributed by atoms with E-state index in [2.05, 4.69) is 10.6 Å². The average molecular weight is 411 g/mol. The number of amides is 2. The molecule has 7 nitrogen and oxygen atoms in total. The van der Waals surface area contributed by atoms with Crippen molar-refractivity contribution in [2.45, 2.75) is 40.2 Å². The lowest BCUT2D eigenvalue weighted by atomic mass is 9.94. The highest BCUT2D eigenvalue weighted by Crippen LogP contribution is 2.40. The minimum absolute atomic E-state index is 0.315. The summed E-state index contributed by atoms with van der Waals surface area (Å²) < 4.78 is 16.5. The van der Waals surface area contributed by atoms with Crippen molar-refractivity contribution in [1.82, 2.24) is 10.6 Å². The Morgan fingerprint density at radius 3 is 2.54 bits per heavy atom. The first-order valence-electron chi connectivity index (χ1n) is 9.30. The third-order valence-electron chi connectivity index (χ3n) is 4.14. The van der Waals surface area contributed by atoms with Gasteiger partial charge in [-0.05, 0) is 37.0 Å². The first-order chi connectivity index (χ1) is 13.3. The number of rotatable bonds is 8. The number of carbonyl (C=O) groups is 2. The van der Waals surface area contributed by atoms with Gasteiger partial charge in [-0.15, -0.1) is 0 Å². The largest absolute Gasteiger partial charge is 0.490 e. The quantitative estimate of drug-likeness (QED) is 0.633. The second-order valence-corrected chi connectivity index (χ2v) is 7.14. The van der Waals surface area contributed by atoms with E-state index in [4.69, 9.17) is 25.8 Å². The summed E-state index contributed by atoms with van der Waals surface area (Å²) in [7, 11) is 1.30. The highest BCUT2D eigenvalue weighted by atomic mass is 35.5. The van der Waals surface area contributed by atoms with Gasteiger partial charge in [0.1, 0.15) is 0 Å². The maximum absolute atomic E-state index is 12.4. The first-order valence-corrected chi connectivity index (χ1v) is 9.67. The second-order valence-electron chi connectivity index (χ2n) is 6.74. The molecule has 0 fully saturated rings. The van der Waals surface area contributed by atoms with E-state index in [-0.39, 0.29) is 0 Å². The number of urea groups is 1. The van der Waals surface area contributed by atoms with Gasteiger partial charge in [-0.25, -0.2) is 9.59 Å². The van der Waals surface area contributed by atoms with Gasteiger partial charge >= 0.3 is 12.0 Å². The molecule has 0 saturated heterocycles. The molecule has 1 heterocycles. The Labute approximate surface area is 170 Å². The van der Waals surface area contributed by atoms with E-state index in [1.54, 1.807) is 12.1 Å². The Bertz CT molecular complexity index is 776. The van der Waals surface area contributed by atoms with Gasteiger partial charge in [-0.1, -0.05) is 32.4 Å². The summed E-state index contributed by atoms with van der Waals surface area (Å²) in [5.74, 6) is 0.694. The van der Waals surface area contributed by atoms with Crippen LogP contribution in [0.25, 0.3) is 0 Å². The number of allylic oxidation sites excluding steroid dienone is 1. The Balaban J connectivity index is 2.55. The molecule has 28 heavy (non-hydrogen) atoms. The molecular formula is C20H27ClN2O5. The number of carbonyl (C=O) groups excluding carboxylic acids is 2. The van der Waals surface area contributed by atoms with Gasteiger partial charge in [-0.2, -0.15) is 0 Å². The van der Waals surface area contributed by atoms with Crippen molar-refractivity contribution in [1.29, 1.82) is 0 Å². The molecule has 1 aromatic rings. The van der Waals surface area contributed by atoms with Crippen LogP contribution in [0.5, 0.6) is 11.5 Å². The summed E-state index contributed by atoms with van der Waals surface area (Å²) in [6.07, 6.45) is 0.468. The van der Waals surface area contributed by atoms with Crippen molar-refractivity contribution in [3.05, 3.63) is 34.0 Å². The van der Waals surface area contributed by atoms with E-state index in [1.807, 2.05) is 27.7 Å². The molecule has 2 N–H and O–H groups in total. The van der Waals surface area contributed by atoms with Crippen molar-refractivity contribution >= 4 is 23.6 Å². The molecule has 0 aromatic heterocycles. The van der Waals surface area contributed by atoms with Crippen LogP contribution in [0.2, 0.25) is 5.02 Å². The topological polar surface area (TPSA) is 85.9 Å². The van der Waals surface area contributed by atoms with Gasteiger partial charge in [0, 0.05) is 5.70 Å². The van der Waals surface area contributed by atoms with Crippen LogP contribution in [0, 0.1) is 5.92 Å². The zero-order valence-corrected chi connectivity index (χ0v) is 17.6. The molecule has 2 amide bonds. The van der Waals surface area contributed by atoms with Crippen molar-refractivity contribution in [3.63, 3.8) is 0 Å². The lowest BCUT2D eigenvalue weighted by Crippen LogP contribution is -2.45. The smallest absolute Gasteiger partial charge is 0.337 e. The van der Waals surface area contributed by atoms with E-state index < -0.39 is 18.0 Å². The van der Waals surface area contributed by atoms with Crippen LogP contribution < -0.4 is 20.1 Å². The monoisotopic (exact) mass is 410 g/mol. The Kier molecular flexibility index (Phi) is 7.57. The SMILES string of the molecule is CCOc1cc(C2NC(=O)NC(CC)=C2C(=O)OC)cc(Cl)c1OCC(C)C. The third-order valence-corrected chi connectivity index (χ3v) is 4.42. The average Bonchev–Trinajstić information content (AvgIpc) is 2.65. The Hall–Kier alpha value is -2.41. The first kappa shape index (κ1) is 21.9. The molecule has 0 spiro atoms. The summed E-state index contributed by atoms with van der Waals surface area (Å²) in [6.45, 7) is 8.67. The molecular weight excluding hydrogens is 384 g/mol. The van der Waals surface area contributed by atoms with Crippen LogP contribution in [0.15, 0.2) is 23.4 Å². The van der Waals surface area contributed by atoms with Gasteiger partial charge in [0.05, 0.1) is 37.0 Å². The fourth-order valence-corrected chi connectivity index (χ4v) is 3.18. The fraction of sp³-hybridized carbons (Fsp3) is 0.500. The van der Waals surface area contributed by atoms with Crippen LogP contribution in [-0.4, -0.2) is 32.3 Å². The van der Waals surface area contributed by atoms with Gasteiger partial charge < -0.3 is 24.8 Å². The van der Waals surface area contributed by atoms with Crippen molar-refractivity contribution in [2.24, 2.45) is 5.92 Å². The van der Waals surface area contributed by atoms with E-state index in [9.17, 15) is 9.59 Å². The summed E-state index contributed by atoms with van der Waals surface area (Å²) in [5, 5.41) is 5.78. The van der Waals surface area contributed by atoms with E-state index in [0.29, 0.717) is 58.9 Å². The van der Waals surface area contributed by atoms with Crippen LogP contribution in [-0.2, 0) is 9.53 Å². The van der Waals surface area contributed by atoms with Crippen molar-refractivity contribution < 1.29 is 23.8 Å². The summed E-state index contributed by atoms with van der Waals surface area (Å²) in [5.41, 5.74) is 1.44.